The summed E-state index contributed by atoms with van der Waals surface area (Å²) in [6.07, 6.45) is 3.84. The smallest absolute Gasteiger partial charge is 0 e. The largest absolute Gasteiger partial charge is 0 e. The van der Waals surface area contributed by atoms with Gasteiger partial charge in [0.15, 0.2) is 0 Å². The molecule has 5 aromatic carbocycles. The van der Waals surface area contributed by atoms with Gasteiger partial charge in [-0.05, 0) is 62.1 Å². The van der Waals surface area contributed by atoms with Crippen LogP contribution in [0.15, 0.2) is 146 Å². The SMILES string of the molecule is [2H]C(C)(C)c1ccnc(-c2[c-]ccc3c2sc2ccc(-c4ccc(-c5ccccc5)cc4)cc23)c1.[CH3][Ge]([CH3])([CH3])[c]1ccc(-c2[c-]cccc2)nc1.[Ir]. The van der Waals surface area contributed by atoms with Crippen LogP contribution in [0.5, 0.6) is 0 Å². The first kappa shape index (κ1) is 35.2. The number of nitrogens with zero attached hydrogens (tertiary/aromatic N) is 2. The Balaban J connectivity index is 0.000000230. The summed E-state index contributed by atoms with van der Waals surface area (Å²) in [4.78, 5) is 9.16. The summed E-state index contributed by atoms with van der Waals surface area (Å²) in [5.74, 6) is 6.47. The molecule has 0 saturated carbocycles. The zero-order valence-electron chi connectivity index (χ0n) is 30.5. The van der Waals surface area contributed by atoms with E-state index in [0.29, 0.717) is 0 Å². The average Bonchev–Trinajstić information content (AvgIpc) is 3.54. The molecule has 0 fully saturated rings. The number of pyridine rings is 2. The standard InChI is InChI=1S/C32H24NS.C14H16GeN.Ir/c1-21(2)25-17-18-33-30(20-25)28-10-6-9-27-29-19-26(15-16-31(29)34-32(27)28)24-13-11-23(12-14-24)22-7-4-3-5-8-22;1-15(2,3)13-9-10-14(16-11-13)12-7-5-4-6-8-12;/h3-9,11-21H,1-2H3;4-7,9-11H,1-3H3;/q2*-1;/i21D;;. The number of aromatic nitrogens is 2. The van der Waals surface area contributed by atoms with Crippen molar-refractivity contribution in [1.29, 1.82) is 0 Å². The summed E-state index contributed by atoms with van der Waals surface area (Å²) in [5, 5.41) is 2.47. The maximum atomic E-state index is 8.41. The first-order valence-electron chi connectivity index (χ1n) is 17.5. The summed E-state index contributed by atoms with van der Waals surface area (Å²) in [6.45, 7) is 3.81. The van der Waals surface area contributed by atoms with Crippen LogP contribution in [0.1, 0.15) is 26.7 Å². The normalized spacial score (nSPS) is 11.7. The molecule has 255 valence electrons. The molecule has 3 aromatic heterocycles. The number of benzene rings is 5. The van der Waals surface area contributed by atoms with E-state index in [1.165, 1.54) is 46.8 Å². The predicted octanol–water partition coefficient (Wildman–Crippen LogP) is 12.5. The predicted molar refractivity (Wildman–Crippen MR) is 218 cm³/mol. The van der Waals surface area contributed by atoms with E-state index < -0.39 is 19.2 Å². The van der Waals surface area contributed by atoms with Crippen LogP contribution >= 0.6 is 11.3 Å². The number of fused-ring (bicyclic) bond motifs is 3. The molecule has 0 N–H and O–H groups in total. The average molecular weight is 919 g/mol. The van der Waals surface area contributed by atoms with Crippen LogP contribution in [0.4, 0.5) is 0 Å². The van der Waals surface area contributed by atoms with Crippen molar-refractivity contribution < 1.29 is 21.5 Å². The maximum absolute atomic E-state index is 8.41. The van der Waals surface area contributed by atoms with E-state index >= 15 is 0 Å². The van der Waals surface area contributed by atoms with E-state index in [0.717, 1.165) is 28.1 Å². The second-order valence-electron chi connectivity index (χ2n) is 13.7. The molecule has 1 radical (unpaired) electrons. The Morgan fingerprint density at radius 2 is 1.35 bits per heavy atom. The zero-order valence-corrected chi connectivity index (χ0v) is 34.8. The molecule has 8 rings (SSSR count). The molecule has 0 aliphatic rings. The van der Waals surface area contributed by atoms with Crippen LogP contribution in [-0.4, -0.2) is 23.2 Å². The van der Waals surface area contributed by atoms with Crippen LogP contribution < -0.4 is 4.40 Å². The van der Waals surface area contributed by atoms with E-state index in [-0.39, 0.29) is 20.1 Å². The molecule has 5 heteroatoms. The van der Waals surface area contributed by atoms with Crippen molar-refractivity contribution in [2.75, 3.05) is 0 Å². The van der Waals surface area contributed by atoms with E-state index in [1.54, 1.807) is 17.5 Å². The second-order valence-corrected chi connectivity index (χ2v) is 25.4. The number of rotatable bonds is 6. The van der Waals surface area contributed by atoms with Gasteiger partial charge >= 0.3 is 99.8 Å². The molecular weight excluding hydrogens is 877 g/mol. The Kier molecular flexibility index (Phi) is 11.1. The van der Waals surface area contributed by atoms with Gasteiger partial charge < -0.3 is 4.98 Å². The van der Waals surface area contributed by atoms with E-state index in [2.05, 4.69) is 124 Å². The Labute approximate surface area is 323 Å². The number of hydrogen-bond acceptors (Lipinski definition) is 3. The second kappa shape index (κ2) is 16.0. The minimum atomic E-state index is -1.72. The third kappa shape index (κ3) is 8.32. The summed E-state index contributed by atoms with van der Waals surface area (Å²) < 4.78 is 12.3. The molecular formula is C46H40GeIrN2S-2. The third-order valence-electron chi connectivity index (χ3n) is 8.96. The molecule has 0 aliphatic heterocycles. The molecule has 51 heavy (non-hydrogen) atoms. The quantitative estimate of drug-likeness (QED) is 0.123. The summed E-state index contributed by atoms with van der Waals surface area (Å²) in [6, 6.07) is 53.0. The van der Waals surface area contributed by atoms with Crippen molar-refractivity contribution in [3.8, 4) is 44.8 Å². The van der Waals surface area contributed by atoms with Gasteiger partial charge in [-0.3, -0.25) is 0 Å². The summed E-state index contributed by atoms with van der Waals surface area (Å²) >= 11 is 0.0661. The van der Waals surface area contributed by atoms with Gasteiger partial charge in [0, 0.05) is 32.4 Å². The van der Waals surface area contributed by atoms with Gasteiger partial charge in [-0.1, -0.05) is 91.5 Å². The fourth-order valence-corrected chi connectivity index (χ4v) is 9.39. The molecule has 0 saturated heterocycles. The van der Waals surface area contributed by atoms with Gasteiger partial charge in [0.05, 0.1) is 0 Å². The maximum Gasteiger partial charge on any atom is 0 e. The third-order valence-corrected chi connectivity index (χ3v) is 14.4. The Hall–Kier alpha value is -4.19. The topological polar surface area (TPSA) is 25.8 Å². The molecule has 0 bridgehead atoms. The molecule has 8 aromatic rings. The Morgan fingerprint density at radius 3 is 2.02 bits per heavy atom. The van der Waals surface area contributed by atoms with Gasteiger partial charge in [0.1, 0.15) is 0 Å². The van der Waals surface area contributed by atoms with Crippen LogP contribution in [0, 0.1) is 12.1 Å². The molecule has 0 unspecified atom stereocenters. The van der Waals surface area contributed by atoms with Gasteiger partial charge in [-0.2, -0.15) is 11.3 Å². The Morgan fingerprint density at radius 1 is 0.647 bits per heavy atom. The van der Waals surface area contributed by atoms with Crippen LogP contribution in [-0.2, 0) is 20.1 Å². The summed E-state index contributed by atoms with van der Waals surface area (Å²) in [7, 11) is 0. The molecule has 2 nitrogen and oxygen atoms in total. The van der Waals surface area contributed by atoms with Crippen molar-refractivity contribution in [2.45, 2.75) is 37.0 Å². The zero-order chi connectivity index (χ0) is 35.6. The van der Waals surface area contributed by atoms with Gasteiger partial charge in [0.25, 0.3) is 0 Å². The monoisotopic (exact) mass is 920 g/mol. The summed E-state index contributed by atoms with van der Waals surface area (Å²) in [5.41, 5.74) is 9.78. The van der Waals surface area contributed by atoms with Crippen molar-refractivity contribution in [3.05, 3.63) is 164 Å². The van der Waals surface area contributed by atoms with Gasteiger partial charge in [-0.15, -0.1) is 23.8 Å². The molecule has 3 heterocycles. The fraction of sp³-hybridized carbons (Fsp3) is 0.130. The minimum absolute atomic E-state index is 0. The number of thiophene rings is 1. The van der Waals surface area contributed by atoms with E-state index in [1.807, 2.05) is 68.6 Å². The minimum Gasteiger partial charge on any atom is 0 e. The van der Waals surface area contributed by atoms with Crippen molar-refractivity contribution in [3.63, 3.8) is 0 Å². The first-order chi connectivity index (χ1) is 24.5. The molecule has 0 aliphatic carbocycles. The van der Waals surface area contributed by atoms with Gasteiger partial charge in [-0.25, -0.2) is 0 Å². The number of hydrogen-bond donors (Lipinski definition) is 0. The van der Waals surface area contributed by atoms with Crippen molar-refractivity contribution in [2.24, 2.45) is 0 Å². The van der Waals surface area contributed by atoms with Crippen molar-refractivity contribution in [1.82, 2.24) is 9.97 Å². The fourth-order valence-electron chi connectivity index (χ4n) is 6.03. The van der Waals surface area contributed by atoms with Crippen LogP contribution in [0.25, 0.3) is 64.9 Å². The van der Waals surface area contributed by atoms with Crippen molar-refractivity contribution >= 4 is 49.2 Å². The van der Waals surface area contributed by atoms with Crippen LogP contribution in [0.2, 0.25) is 17.3 Å². The molecule has 0 atom stereocenters. The first-order valence-corrected chi connectivity index (χ1v) is 25.1. The molecule has 0 amide bonds. The Bertz CT molecular complexity index is 2410. The van der Waals surface area contributed by atoms with E-state index in [9.17, 15) is 0 Å². The van der Waals surface area contributed by atoms with Gasteiger partial charge in [0.2, 0.25) is 0 Å². The van der Waals surface area contributed by atoms with Crippen LogP contribution in [0.3, 0.4) is 0 Å². The molecule has 0 spiro atoms. The van der Waals surface area contributed by atoms with E-state index in [4.69, 9.17) is 1.37 Å².